The molecule has 2 aromatic rings. The second-order valence-electron chi connectivity index (χ2n) is 6.69. The molecule has 1 aromatic carbocycles. The summed E-state index contributed by atoms with van der Waals surface area (Å²) in [4.78, 5) is 13.7. The molecule has 4 nitrogen and oxygen atoms in total. The maximum absolute atomic E-state index is 13.7. The molecule has 1 fully saturated rings. The minimum atomic E-state index is -4.60. The zero-order chi connectivity index (χ0) is 19.6. The zero-order valence-corrected chi connectivity index (χ0v) is 14.3. The minimum Gasteiger partial charge on any atom is -0.299 e. The van der Waals surface area contributed by atoms with Gasteiger partial charge in [0, 0.05) is 24.7 Å². The Bertz CT molecular complexity index is 857. The number of hydrogen-bond donors (Lipinski definition) is 0. The highest BCUT2D eigenvalue weighted by atomic mass is 19.4. The maximum Gasteiger partial charge on any atom is 0.435 e. The number of piperidine rings is 1. The van der Waals surface area contributed by atoms with Gasteiger partial charge in [-0.1, -0.05) is 0 Å². The van der Waals surface area contributed by atoms with Crippen molar-refractivity contribution in [3.8, 4) is 0 Å². The number of rotatable bonds is 4. The molecule has 0 spiro atoms. The van der Waals surface area contributed by atoms with Gasteiger partial charge < -0.3 is 0 Å². The van der Waals surface area contributed by atoms with Gasteiger partial charge in [0.05, 0.1) is 0 Å². The Morgan fingerprint density at radius 3 is 2.44 bits per heavy atom. The predicted molar refractivity (Wildman–Crippen MR) is 87.9 cm³/mol. The van der Waals surface area contributed by atoms with Crippen LogP contribution in [0.15, 0.2) is 35.1 Å². The highest BCUT2D eigenvalue weighted by molar-refractivity contribution is 5.18. The van der Waals surface area contributed by atoms with Crippen molar-refractivity contribution in [3.05, 3.63) is 63.6 Å². The molecule has 1 aliphatic heterocycles. The number of nitrogens with zero attached hydrogens (tertiary/aromatic N) is 3. The van der Waals surface area contributed by atoms with E-state index in [2.05, 4.69) is 5.10 Å². The third kappa shape index (κ3) is 4.91. The first kappa shape index (κ1) is 19.5. The third-order valence-corrected chi connectivity index (χ3v) is 4.70. The van der Waals surface area contributed by atoms with Gasteiger partial charge in [0.1, 0.15) is 11.6 Å². The molecule has 0 unspecified atom stereocenters. The lowest BCUT2D eigenvalue weighted by Gasteiger charge is -2.32. The summed E-state index contributed by atoms with van der Waals surface area (Å²) in [6, 6.07) is 4.86. The fourth-order valence-electron chi connectivity index (χ4n) is 3.21. The Labute approximate surface area is 152 Å². The Morgan fingerprint density at radius 1 is 1.07 bits per heavy atom. The number of alkyl halides is 3. The number of likely N-dealkylation sites (tertiary alicyclic amines) is 1. The lowest BCUT2D eigenvalue weighted by atomic mass is 9.96. The fraction of sp³-hybridized carbons (Fsp3) is 0.444. The number of hydrogen-bond acceptors (Lipinski definition) is 3. The summed E-state index contributed by atoms with van der Waals surface area (Å²) in [5.41, 5.74) is -1.41. The molecule has 2 heterocycles. The lowest BCUT2D eigenvalue weighted by Crippen LogP contribution is -2.37. The smallest absolute Gasteiger partial charge is 0.299 e. The summed E-state index contributed by atoms with van der Waals surface area (Å²) in [6.07, 6.45) is -3.35. The van der Waals surface area contributed by atoms with Gasteiger partial charge in [0.2, 0.25) is 0 Å². The van der Waals surface area contributed by atoms with Gasteiger partial charge >= 0.3 is 6.18 Å². The molecule has 146 valence electrons. The van der Waals surface area contributed by atoms with Crippen molar-refractivity contribution in [3.63, 3.8) is 0 Å². The van der Waals surface area contributed by atoms with Crippen molar-refractivity contribution in [2.75, 3.05) is 13.1 Å². The summed E-state index contributed by atoms with van der Waals surface area (Å²) < 4.78 is 66.1. The van der Waals surface area contributed by atoms with E-state index < -0.39 is 29.1 Å². The molecule has 0 N–H and O–H groups in total. The molecule has 0 saturated carbocycles. The molecule has 0 bridgehead atoms. The molecule has 1 aliphatic rings. The normalized spacial score (nSPS) is 16.6. The SMILES string of the molecule is O=c1ccc(C(F)(F)F)nn1CC1CCN(Cc2cc(F)ccc2F)CC1. The number of halogens is 5. The van der Waals surface area contributed by atoms with Crippen LogP contribution in [0.25, 0.3) is 0 Å². The van der Waals surface area contributed by atoms with Crippen molar-refractivity contribution >= 4 is 0 Å². The molecule has 1 saturated heterocycles. The van der Waals surface area contributed by atoms with Crippen molar-refractivity contribution in [1.82, 2.24) is 14.7 Å². The monoisotopic (exact) mass is 387 g/mol. The van der Waals surface area contributed by atoms with Gasteiger partial charge in [-0.3, -0.25) is 9.69 Å². The summed E-state index contributed by atoms with van der Waals surface area (Å²) >= 11 is 0. The first-order valence-corrected chi connectivity index (χ1v) is 8.54. The second kappa shape index (κ2) is 7.75. The predicted octanol–water partition coefficient (Wildman–Crippen LogP) is 3.45. The third-order valence-electron chi connectivity index (χ3n) is 4.70. The molecule has 27 heavy (non-hydrogen) atoms. The van der Waals surface area contributed by atoms with Gasteiger partial charge in [0.15, 0.2) is 5.69 Å². The van der Waals surface area contributed by atoms with Crippen LogP contribution in [0, 0.1) is 17.6 Å². The molecule has 0 atom stereocenters. The van der Waals surface area contributed by atoms with Crippen LogP contribution in [0.4, 0.5) is 22.0 Å². The Balaban J connectivity index is 1.60. The van der Waals surface area contributed by atoms with Crippen LogP contribution in [0.5, 0.6) is 0 Å². The van der Waals surface area contributed by atoms with E-state index in [0.717, 1.165) is 28.9 Å². The van der Waals surface area contributed by atoms with E-state index in [9.17, 15) is 26.7 Å². The average Bonchev–Trinajstić information content (AvgIpc) is 2.61. The summed E-state index contributed by atoms with van der Waals surface area (Å²) in [6.45, 7) is 1.52. The molecule has 9 heteroatoms. The average molecular weight is 387 g/mol. The Morgan fingerprint density at radius 2 is 1.78 bits per heavy atom. The molecule has 1 aromatic heterocycles. The van der Waals surface area contributed by atoms with Crippen molar-refractivity contribution < 1.29 is 22.0 Å². The van der Waals surface area contributed by atoms with E-state index in [1.165, 1.54) is 0 Å². The Hall–Kier alpha value is -2.29. The van der Waals surface area contributed by atoms with Gasteiger partial charge in [-0.2, -0.15) is 18.3 Å². The summed E-state index contributed by atoms with van der Waals surface area (Å²) in [7, 11) is 0. The Kier molecular flexibility index (Phi) is 5.59. The van der Waals surface area contributed by atoms with E-state index in [4.69, 9.17) is 0 Å². The van der Waals surface area contributed by atoms with Gasteiger partial charge in [-0.25, -0.2) is 13.5 Å². The van der Waals surface area contributed by atoms with Crippen molar-refractivity contribution in [2.24, 2.45) is 5.92 Å². The number of benzene rings is 1. The van der Waals surface area contributed by atoms with Crippen molar-refractivity contribution in [1.29, 1.82) is 0 Å². The zero-order valence-electron chi connectivity index (χ0n) is 14.3. The molecule has 0 radical (unpaired) electrons. The van der Waals surface area contributed by atoms with Crippen LogP contribution in [-0.2, 0) is 19.3 Å². The van der Waals surface area contributed by atoms with Gasteiger partial charge in [-0.15, -0.1) is 0 Å². The van der Waals surface area contributed by atoms with Gasteiger partial charge in [-0.05, 0) is 56.1 Å². The van der Waals surface area contributed by atoms with E-state index in [1.807, 2.05) is 4.90 Å². The molecule has 3 rings (SSSR count). The second-order valence-corrected chi connectivity index (χ2v) is 6.69. The number of aromatic nitrogens is 2. The standard InChI is InChI=1S/C18H18F5N3O/c19-14-1-2-15(20)13(9-14)11-25-7-5-12(6-8-25)10-26-17(27)4-3-16(24-26)18(21,22)23/h1-4,9,12H,5-8,10-11H2. The maximum atomic E-state index is 13.7. The highest BCUT2D eigenvalue weighted by Gasteiger charge is 2.33. The summed E-state index contributed by atoms with van der Waals surface area (Å²) in [5.74, 6) is -0.984. The molecular weight excluding hydrogens is 369 g/mol. The molecule has 0 aliphatic carbocycles. The minimum absolute atomic E-state index is 0.00714. The largest absolute Gasteiger partial charge is 0.435 e. The molecule has 0 amide bonds. The van der Waals surface area contributed by atoms with Crippen LogP contribution in [-0.4, -0.2) is 27.8 Å². The van der Waals surface area contributed by atoms with Crippen LogP contribution < -0.4 is 5.56 Å². The topological polar surface area (TPSA) is 38.1 Å². The van der Waals surface area contributed by atoms with Gasteiger partial charge in [0.25, 0.3) is 5.56 Å². The van der Waals surface area contributed by atoms with Crippen LogP contribution in [0.2, 0.25) is 0 Å². The van der Waals surface area contributed by atoms with Crippen LogP contribution in [0.1, 0.15) is 24.1 Å². The summed E-state index contributed by atoms with van der Waals surface area (Å²) in [5, 5.41) is 3.42. The fourth-order valence-corrected chi connectivity index (χ4v) is 3.21. The van der Waals surface area contributed by atoms with Crippen LogP contribution in [0.3, 0.4) is 0 Å². The van der Waals surface area contributed by atoms with E-state index >= 15 is 0 Å². The van der Waals surface area contributed by atoms with E-state index in [-0.39, 0.29) is 24.6 Å². The van der Waals surface area contributed by atoms with Crippen LogP contribution >= 0.6 is 0 Å². The lowest BCUT2D eigenvalue weighted by molar-refractivity contribution is -0.142. The van der Waals surface area contributed by atoms with Crippen molar-refractivity contribution in [2.45, 2.75) is 32.1 Å². The van der Waals surface area contributed by atoms with E-state index in [0.29, 0.717) is 32.0 Å². The molecular formula is C18H18F5N3O. The van der Waals surface area contributed by atoms with E-state index in [1.54, 1.807) is 0 Å². The first-order valence-electron chi connectivity index (χ1n) is 8.54. The highest BCUT2D eigenvalue weighted by Crippen LogP contribution is 2.27. The first-order chi connectivity index (χ1) is 12.7. The quantitative estimate of drug-likeness (QED) is 0.755.